The number of nitrogens with zero attached hydrogens (tertiary/aromatic N) is 2. The van der Waals surface area contributed by atoms with Crippen LogP contribution >= 0.6 is 22.9 Å². The first-order valence-electron chi connectivity index (χ1n) is 12.0. The largest absolute Gasteiger partial charge is 0.481 e. The highest BCUT2D eigenvalue weighted by Gasteiger charge is 2.22. The van der Waals surface area contributed by atoms with Crippen LogP contribution < -0.4 is 5.73 Å². The molecular weight excluding hydrogens is 556 g/mol. The number of hydrogen-bond donors (Lipinski definition) is 5. The van der Waals surface area contributed by atoms with E-state index in [4.69, 9.17) is 37.6 Å². The Balaban J connectivity index is 0.000000180. The molecule has 0 saturated carbocycles. The van der Waals surface area contributed by atoms with Crippen LogP contribution in [0.1, 0.15) is 39.0 Å². The average molecular weight is 583 g/mol. The smallest absolute Gasteiger partial charge is 0.328 e. The number of aliphatic carboxylic acids is 3. The van der Waals surface area contributed by atoms with Crippen LogP contribution in [0.15, 0.2) is 73.2 Å². The number of aromatic nitrogens is 3. The summed E-state index contributed by atoms with van der Waals surface area (Å²) in [5, 5.41) is 26.1. The predicted octanol–water partition coefficient (Wildman–Crippen LogP) is 4.60. The van der Waals surface area contributed by atoms with E-state index < -0.39 is 17.9 Å². The molecule has 1 unspecified atom stereocenters. The molecule has 0 amide bonds. The number of aromatic amines is 1. The number of carboxylic acid groups (broad SMARTS) is 3. The van der Waals surface area contributed by atoms with E-state index in [0.29, 0.717) is 23.7 Å². The fourth-order valence-corrected chi connectivity index (χ4v) is 5.11. The second-order valence-corrected chi connectivity index (χ2v) is 10.2. The van der Waals surface area contributed by atoms with Gasteiger partial charge in [0, 0.05) is 58.3 Å². The minimum absolute atomic E-state index is 0.0537. The van der Waals surface area contributed by atoms with E-state index >= 15 is 0 Å². The maximum absolute atomic E-state index is 10.5. The van der Waals surface area contributed by atoms with Gasteiger partial charge in [-0.25, -0.2) is 19.6 Å². The molecule has 1 aliphatic rings. The number of imidazole rings is 1. The van der Waals surface area contributed by atoms with Gasteiger partial charge in [0.15, 0.2) is 0 Å². The maximum Gasteiger partial charge on any atom is 0.328 e. The van der Waals surface area contributed by atoms with Crippen LogP contribution in [0, 0.1) is 0 Å². The normalized spacial score (nSPS) is 11.8. The van der Waals surface area contributed by atoms with Crippen molar-refractivity contribution in [1.82, 2.24) is 15.0 Å². The number of nitrogens with two attached hydrogens (primary N) is 1. The molecule has 0 radical (unpaired) electrons. The molecule has 2 heterocycles. The molecular formula is C28H27ClN4O6S. The topological polar surface area (TPSA) is 179 Å². The third-order valence-electron chi connectivity index (χ3n) is 5.68. The Morgan fingerprint density at radius 2 is 1.73 bits per heavy atom. The third-order valence-corrected chi connectivity index (χ3v) is 6.98. The summed E-state index contributed by atoms with van der Waals surface area (Å²) in [6.45, 7) is 0.327. The number of H-pyrrole nitrogens is 1. The van der Waals surface area contributed by atoms with Crippen LogP contribution in [0.4, 0.5) is 0 Å². The van der Waals surface area contributed by atoms with Gasteiger partial charge >= 0.3 is 17.9 Å². The third kappa shape index (κ3) is 9.16. The van der Waals surface area contributed by atoms with E-state index in [1.807, 2.05) is 29.7 Å². The van der Waals surface area contributed by atoms with E-state index in [-0.39, 0.29) is 12.3 Å². The van der Waals surface area contributed by atoms with Gasteiger partial charge in [-0.05, 0) is 29.8 Å². The summed E-state index contributed by atoms with van der Waals surface area (Å²) >= 11 is 7.54. The van der Waals surface area contributed by atoms with E-state index in [1.54, 1.807) is 18.5 Å². The number of hydrogen-bond acceptors (Lipinski definition) is 7. The maximum atomic E-state index is 10.5. The molecule has 0 fully saturated rings. The lowest BCUT2D eigenvalue weighted by molar-refractivity contribution is -0.137. The first-order chi connectivity index (χ1) is 19.2. The fourth-order valence-electron chi connectivity index (χ4n) is 3.85. The summed E-state index contributed by atoms with van der Waals surface area (Å²) < 4.78 is 0. The van der Waals surface area contributed by atoms with Crippen LogP contribution in [0.5, 0.6) is 0 Å². The van der Waals surface area contributed by atoms with Crippen LogP contribution in [0.3, 0.4) is 0 Å². The molecule has 1 aliphatic carbocycles. The molecule has 6 N–H and O–H groups in total. The van der Waals surface area contributed by atoms with Gasteiger partial charge in [-0.3, -0.25) is 4.79 Å². The van der Waals surface area contributed by atoms with Gasteiger partial charge in [-0.1, -0.05) is 48.0 Å². The molecule has 1 atom stereocenters. The van der Waals surface area contributed by atoms with Crippen LogP contribution in [-0.2, 0) is 27.2 Å². The first-order valence-corrected chi connectivity index (χ1v) is 13.2. The van der Waals surface area contributed by atoms with Gasteiger partial charge in [0.25, 0.3) is 0 Å². The Morgan fingerprint density at radius 3 is 2.30 bits per heavy atom. The Labute approximate surface area is 238 Å². The van der Waals surface area contributed by atoms with Crippen molar-refractivity contribution in [1.29, 1.82) is 0 Å². The number of rotatable bonds is 8. The van der Waals surface area contributed by atoms with E-state index in [1.165, 1.54) is 26.7 Å². The molecule has 0 bridgehead atoms. The van der Waals surface area contributed by atoms with Crippen LogP contribution in [-0.4, -0.2) is 54.7 Å². The van der Waals surface area contributed by atoms with Gasteiger partial charge in [0.1, 0.15) is 0 Å². The SMILES string of the molecule is NCC(CC(=O)O)c1ccc(Cl)cc1.O=C(O)/C=C/C(=O)O.c1ccc2c(c1)Cc1sc(Cc3cnc[nH]3)nc1-2. The number of nitrogens with one attached hydrogen (secondary N) is 1. The molecule has 2 aromatic carbocycles. The van der Waals surface area contributed by atoms with Crippen molar-refractivity contribution in [3.05, 3.63) is 105 Å². The summed E-state index contributed by atoms with van der Waals surface area (Å²) in [6, 6.07) is 15.6. The van der Waals surface area contributed by atoms with Crippen LogP contribution in [0.2, 0.25) is 5.02 Å². The summed E-state index contributed by atoms with van der Waals surface area (Å²) in [5.41, 5.74) is 11.4. The van der Waals surface area contributed by atoms with Crippen molar-refractivity contribution in [3.8, 4) is 11.3 Å². The Bertz CT molecular complexity index is 1450. The zero-order chi connectivity index (χ0) is 29.1. The molecule has 5 rings (SSSR count). The van der Waals surface area contributed by atoms with E-state index in [9.17, 15) is 14.4 Å². The molecule has 2 aromatic heterocycles. The number of carbonyl (C=O) groups is 3. The number of benzene rings is 2. The number of fused-ring (bicyclic) bond motifs is 3. The second-order valence-electron chi connectivity index (χ2n) is 8.56. The highest BCUT2D eigenvalue weighted by Crippen LogP contribution is 2.39. The molecule has 4 aromatic rings. The summed E-state index contributed by atoms with van der Waals surface area (Å²) in [6.07, 6.45) is 6.63. The lowest BCUT2D eigenvalue weighted by Gasteiger charge is -2.12. The minimum Gasteiger partial charge on any atom is -0.481 e. The van der Waals surface area contributed by atoms with Crippen molar-refractivity contribution in [3.63, 3.8) is 0 Å². The lowest BCUT2D eigenvalue weighted by Crippen LogP contribution is -2.16. The van der Waals surface area contributed by atoms with E-state index in [2.05, 4.69) is 34.2 Å². The number of halogens is 1. The summed E-state index contributed by atoms with van der Waals surface area (Å²) in [4.78, 5) is 43.0. The monoisotopic (exact) mass is 582 g/mol. The minimum atomic E-state index is -1.26. The summed E-state index contributed by atoms with van der Waals surface area (Å²) in [5.74, 6) is -3.49. The van der Waals surface area contributed by atoms with Gasteiger partial charge in [0.2, 0.25) is 0 Å². The molecule has 12 heteroatoms. The zero-order valence-electron chi connectivity index (χ0n) is 21.2. The molecule has 40 heavy (non-hydrogen) atoms. The predicted molar refractivity (Wildman–Crippen MR) is 152 cm³/mol. The van der Waals surface area contributed by atoms with Crippen LogP contribution in [0.25, 0.3) is 11.3 Å². The highest BCUT2D eigenvalue weighted by molar-refractivity contribution is 7.12. The van der Waals surface area contributed by atoms with Crippen molar-refractivity contribution >= 4 is 40.8 Å². The van der Waals surface area contributed by atoms with Gasteiger partial charge in [-0.2, -0.15) is 0 Å². The second kappa shape index (κ2) is 14.7. The molecule has 10 nitrogen and oxygen atoms in total. The van der Waals surface area contributed by atoms with Crippen molar-refractivity contribution in [2.24, 2.45) is 5.73 Å². The van der Waals surface area contributed by atoms with Crippen molar-refractivity contribution in [2.75, 3.05) is 6.54 Å². The standard InChI is InChI=1S/C14H11N3S.C10H12ClNO2.C4H4O4/c1-2-4-11-9(3-1)5-12-14(11)17-13(18-12)6-10-7-15-8-16-10;11-9-3-1-7(2-4-9)8(6-12)5-10(13)14;5-3(6)1-2-4(7)8/h1-4,7-8H,5-6H2,(H,15,16);1-4,8H,5-6,12H2,(H,13,14);1-2H,(H,5,6)(H,7,8)/b;;2-1+. The average Bonchev–Trinajstić information content (AvgIpc) is 3.64. The zero-order valence-corrected chi connectivity index (χ0v) is 22.7. The Morgan fingerprint density at radius 1 is 1.05 bits per heavy atom. The van der Waals surface area contributed by atoms with Gasteiger partial charge in [0.05, 0.1) is 23.4 Å². The van der Waals surface area contributed by atoms with Gasteiger partial charge in [-0.15, -0.1) is 11.3 Å². The van der Waals surface area contributed by atoms with Gasteiger partial charge < -0.3 is 26.0 Å². The summed E-state index contributed by atoms with van der Waals surface area (Å²) in [7, 11) is 0. The highest BCUT2D eigenvalue weighted by atomic mass is 35.5. The Hall–Kier alpha value is -4.32. The molecule has 0 saturated heterocycles. The number of thiazole rings is 1. The molecule has 0 aliphatic heterocycles. The molecule has 0 spiro atoms. The first kappa shape index (κ1) is 30.2. The molecule has 208 valence electrons. The Kier molecular flexibility index (Phi) is 11.1. The quantitative estimate of drug-likeness (QED) is 0.163. The van der Waals surface area contributed by atoms with Crippen molar-refractivity contribution in [2.45, 2.75) is 25.2 Å². The van der Waals surface area contributed by atoms with Crippen molar-refractivity contribution < 1.29 is 29.7 Å². The number of carboxylic acids is 3. The fraction of sp³-hybridized carbons (Fsp3) is 0.179. The van der Waals surface area contributed by atoms with E-state index in [0.717, 1.165) is 24.1 Å². The lowest BCUT2D eigenvalue weighted by atomic mass is 9.96.